The Hall–Kier alpha value is -1.56. The van der Waals surface area contributed by atoms with E-state index in [1.165, 1.54) is 12.1 Å². The number of fused-ring (bicyclic) bond motifs is 2. The SMILES string of the molecule is O=[N+]([O-])c1ccc(CN2[C@@H]3CS(=O)(=O)C[C@@H]3N[C@@H]3CS(=O)(=O)C[C@@H]32)cc1. The van der Waals surface area contributed by atoms with Gasteiger partial charge in [-0.2, -0.15) is 0 Å². The molecule has 3 aliphatic rings. The van der Waals surface area contributed by atoms with E-state index in [1.807, 2.05) is 4.90 Å². The van der Waals surface area contributed by atoms with Gasteiger partial charge in [-0.05, 0) is 5.56 Å². The summed E-state index contributed by atoms with van der Waals surface area (Å²) in [5.74, 6) is 0.0250. The van der Waals surface area contributed by atoms with Gasteiger partial charge >= 0.3 is 0 Å². The van der Waals surface area contributed by atoms with Crippen LogP contribution in [0.2, 0.25) is 0 Å². The number of nitrogens with one attached hydrogen (secondary N) is 1. The van der Waals surface area contributed by atoms with Crippen molar-refractivity contribution in [1.29, 1.82) is 0 Å². The molecule has 0 aliphatic carbocycles. The van der Waals surface area contributed by atoms with Crippen LogP contribution in [0, 0.1) is 10.1 Å². The highest BCUT2D eigenvalue weighted by molar-refractivity contribution is 7.92. The zero-order chi connectivity index (χ0) is 18.7. The molecule has 0 amide bonds. The van der Waals surface area contributed by atoms with Gasteiger partial charge in [-0.3, -0.25) is 15.0 Å². The van der Waals surface area contributed by atoms with Gasteiger partial charge in [0.25, 0.3) is 5.69 Å². The number of non-ortho nitro benzene ring substituents is 1. The van der Waals surface area contributed by atoms with Gasteiger partial charge in [0, 0.05) is 42.8 Å². The minimum absolute atomic E-state index is 0.000908. The summed E-state index contributed by atoms with van der Waals surface area (Å²) in [7, 11) is -6.35. The Morgan fingerprint density at radius 2 is 1.46 bits per heavy atom. The molecular formula is C15H19N3O6S2. The Bertz CT molecular complexity index is 896. The average Bonchev–Trinajstić information content (AvgIpc) is 3.01. The lowest BCUT2D eigenvalue weighted by Gasteiger charge is -2.45. The van der Waals surface area contributed by atoms with E-state index in [2.05, 4.69) is 5.32 Å². The molecule has 9 nitrogen and oxygen atoms in total. The lowest BCUT2D eigenvalue weighted by Crippen LogP contribution is -2.66. The van der Waals surface area contributed by atoms with Crippen molar-refractivity contribution in [2.75, 3.05) is 23.0 Å². The molecule has 142 valence electrons. The van der Waals surface area contributed by atoms with Gasteiger partial charge in [0.1, 0.15) is 0 Å². The predicted octanol–water partition coefficient (Wildman–Crippen LogP) is -0.669. The zero-order valence-corrected chi connectivity index (χ0v) is 15.4. The van der Waals surface area contributed by atoms with Gasteiger partial charge in [0.05, 0.1) is 27.9 Å². The Kier molecular flexibility index (Phi) is 4.10. The van der Waals surface area contributed by atoms with Crippen molar-refractivity contribution in [3.05, 3.63) is 39.9 Å². The molecule has 26 heavy (non-hydrogen) atoms. The van der Waals surface area contributed by atoms with E-state index in [-0.39, 0.29) is 52.9 Å². The van der Waals surface area contributed by atoms with Crippen LogP contribution in [0.5, 0.6) is 0 Å². The molecule has 0 bridgehead atoms. The highest BCUT2D eigenvalue weighted by atomic mass is 32.2. The number of nitro benzene ring substituents is 1. The fourth-order valence-corrected chi connectivity index (χ4v) is 8.21. The first-order valence-corrected chi connectivity index (χ1v) is 11.9. The predicted molar refractivity (Wildman–Crippen MR) is 94.2 cm³/mol. The van der Waals surface area contributed by atoms with Crippen LogP contribution in [0.15, 0.2) is 24.3 Å². The highest BCUT2D eigenvalue weighted by Crippen LogP contribution is 2.33. The fourth-order valence-electron chi connectivity index (χ4n) is 4.32. The van der Waals surface area contributed by atoms with Crippen LogP contribution in [-0.4, -0.2) is 73.8 Å². The molecule has 4 atom stereocenters. The van der Waals surface area contributed by atoms with Crippen LogP contribution in [0.25, 0.3) is 0 Å². The summed E-state index contributed by atoms with van der Waals surface area (Å²) in [6, 6.07) is 4.94. The van der Waals surface area contributed by atoms with Gasteiger partial charge in [-0.15, -0.1) is 0 Å². The van der Waals surface area contributed by atoms with Crippen molar-refractivity contribution in [3.63, 3.8) is 0 Å². The standard InChI is InChI=1S/C15H19N3O6S2/c19-18(20)11-3-1-10(2-4-11)5-17-14-8-25(21,22)6-12(14)16-13-7-26(23,24)9-15(13)17/h1-4,12-16H,5-9H2/t12-,13+,14+,15-. The number of piperazine rings is 1. The molecule has 0 unspecified atom stereocenters. The molecule has 1 aromatic rings. The van der Waals surface area contributed by atoms with E-state index in [1.54, 1.807) is 12.1 Å². The van der Waals surface area contributed by atoms with Crippen LogP contribution < -0.4 is 5.32 Å². The van der Waals surface area contributed by atoms with Crippen LogP contribution in [-0.2, 0) is 26.2 Å². The third-order valence-electron chi connectivity index (χ3n) is 5.44. The lowest BCUT2D eigenvalue weighted by atomic mass is 9.96. The summed E-state index contributed by atoms with van der Waals surface area (Å²) >= 11 is 0. The van der Waals surface area contributed by atoms with Crippen LogP contribution in [0.4, 0.5) is 5.69 Å². The van der Waals surface area contributed by atoms with Gasteiger partial charge in [-0.25, -0.2) is 16.8 Å². The summed E-state index contributed by atoms with van der Waals surface area (Å²) in [6.07, 6.45) is 0. The van der Waals surface area contributed by atoms with E-state index < -0.39 is 24.6 Å². The molecule has 0 spiro atoms. The quantitative estimate of drug-likeness (QED) is 0.522. The second kappa shape index (κ2) is 5.98. The Labute approximate surface area is 151 Å². The smallest absolute Gasteiger partial charge is 0.269 e. The topological polar surface area (TPSA) is 127 Å². The monoisotopic (exact) mass is 401 g/mol. The molecule has 1 aromatic carbocycles. The van der Waals surface area contributed by atoms with Crippen molar-refractivity contribution in [1.82, 2.24) is 10.2 Å². The maximum Gasteiger partial charge on any atom is 0.269 e. The van der Waals surface area contributed by atoms with Crippen LogP contribution >= 0.6 is 0 Å². The number of hydrogen-bond acceptors (Lipinski definition) is 8. The first-order valence-electron chi connectivity index (χ1n) is 8.29. The Balaban J connectivity index is 1.64. The van der Waals surface area contributed by atoms with Crippen molar-refractivity contribution >= 4 is 25.4 Å². The Morgan fingerprint density at radius 3 is 1.92 bits per heavy atom. The molecule has 1 N–H and O–H groups in total. The van der Waals surface area contributed by atoms with E-state index >= 15 is 0 Å². The molecule has 0 radical (unpaired) electrons. The summed E-state index contributed by atoms with van der Waals surface area (Å²) in [5.41, 5.74) is 0.778. The first-order chi connectivity index (χ1) is 12.1. The second-order valence-electron chi connectivity index (χ2n) is 7.26. The van der Waals surface area contributed by atoms with Crippen LogP contribution in [0.3, 0.4) is 0 Å². The minimum Gasteiger partial charge on any atom is -0.306 e. The van der Waals surface area contributed by atoms with E-state index in [4.69, 9.17) is 0 Å². The second-order valence-corrected chi connectivity index (χ2v) is 11.6. The molecule has 3 fully saturated rings. The zero-order valence-electron chi connectivity index (χ0n) is 13.8. The molecule has 4 rings (SSSR count). The number of nitro groups is 1. The molecule has 11 heteroatoms. The first kappa shape index (κ1) is 17.8. The number of hydrogen-bond donors (Lipinski definition) is 1. The summed E-state index contributed by atoms with van der Waals surface area (Å²) in [6.45, 7) is 0.368. The number of sulfone groups is 2. The van der Waals surface area contributed by atoms with Crippen molar-refractivity contribution < 1.29 is 21.8 Å². The molecule has 0 saturated carbocycles. The summed E-state index contributed by atoms with van der Waals surface area (Å²) in [5, 5.41) is 14.0. The summed E-state index contributed by atoms with van der Waals surface area (Å²) < 4.78 is 48.4. The minimum atomic E-state index is -3.17. The fraction of sp³-hybridized carbons (Fsp3) is 0.600. The van der Waals surface area contributed by atoms with Crippen molar-refractivity contribution in [2.45, 2.75) is 30.7 Å². The van der Waals surface area contributed by atoms with E-state index in [9.17, 15) is 26.9 Å². The van der Waals surface area contributed by atoms with Gasteiger partial charge < -0.3 is 5.32 Å². The highest BCUT2D eigenvalue weighted by Gasteiger charge is 2.53. The molecule has 3 saturated heterocycles. The number of benzene rings is 1. The largest absolute Gasteiger partial charge is 0.306 e. The molecule has 3 aliphatic heterocycles. The van der Waals surface area contributed by atoms with Crippen molar-refractivity contribution in [3.8, 4) is 0 Å². The summed E-state index contributed by atoms with van der Waals surface area (Å²) in [4.78, 5) is 12.3. The van der Waals surface area contributed by atoms with Gasteiger partial charge in [0.15, 0.2) is 19.7 Å². The third kappa shape index (κ3) is 3.24. The third-order valence-corrected chi connectivity index (χ3v) is 8.87. The van der Waals surface area contributed by atoms with E-state index in [0.29, 0.717) is 6.54 Å². The normalized spacial score (nSPS) is 34.9. The maximum atomic E-state index is 12.1. The molecular weight excluding hydrogens is 382 g/mol. The lowest BCUT2D eigenvalue weighted by molar-refractivity contribution is -0.384. The number of rotatable bonds is 3. The van der Waals surface area contributed by atoms with Gasteiger partial charge in [-0.1, -0.05) is 12.1 Å². The van der Waals surface area contributed by atoms with Crippen LogP contribution in [0.1, 0.15) is 5.56 Å². The average molecular weight is 401 g/mol. The molecule has 0 aromatic heterocycles. The van der Waals surface area contributed by atoms with Gasteiger partial charge in [0.2, 0.25) is 0 Å². The van der Waals surface area contributed by atoms with E-state index in [0.717, 1.165) is 5.56 Å². The van der Waals surface area contributed by atoms with Crippen molar-refractivity contribution in [2.24, 2.45) is 0 Å². The Morgan fingerprint density at radius 1 is 0.962 bits per heavy atom. The number of nitrogens with zero attached hydrogens (tertiary/aromatic N) is 2. The molecule has 3 heterocycles. The maximum absolute atomic E-state index is 12.1.